The number of halogens is 3. The summed E-state index contributed by atoms with van der Waals surface area (Å²) >= 11 is 0. The van der Waals surface area contributed by atoms with Crippen LogP contribution in [0.15, 0.2) is 29.3 Å². The third-order valence-corrected chi connectivity index (χ3v) is 4.00. The molecule has 7 heteroatoms. The molecule has 0 radical (unpaired) electrons. The Bertz CT molecular complexity index is 557. The van der Waals surface area contributed by atoms with Crippen molar-refractivity contribution in [3.8, 4) is 0 Å². The molecule has 1 aromatic rings. The molecule has 0 aromatic heterocycles. The summed E-state index contributed by atoms with van der Waals surface area (Å²) in [7, 11) is 0. The van der Waals surface area contributed by atoms with E-state index in [0.29, 0.717) is 25.1 Å². The molecule has 134 valence electrons. The van der Waals surface area contributed by atoms with Crippen LogP contribution in [0.5, 0.6) is 0 Å². The molecule has 1 atom stereocenters. The fraction of sp³-hybridized carbons (Fsp3) is 0.588. The molecule has 1 heterocycles. The zero-order chi connectivity index (χ0) is 17.6. The summed E-state index contributed by atoms with van der Waals surface area (Å²) in [5.41, 5.74) is 2.58. The van der Waals surface area contributed by atoms with Crippen molar-refractivity contribution in [2.75, 3.05) is 31.1 Å². The second-order valence-electron chi connectivity index (χ2n) is 5.93. The summed E-state index contributed by atoms with van der Waals surface area (Å²) < 4.78 is 36.6. The second kappa shape index (κ2) is 8.26. The fourth-order valence-corrected chi connectivity index (χ4v) is 2.90. The van der Waals surface area contributed by atoms with E-state index in [1.807, 2.05) is 19.1 Å². The summed E-state index contributed by atoms with van der Waals surface area (Å²) in [6.45, 7) is 5.82. The number of nitrogens with zero attached hydrogens (tertiary/aromatic N) is 2. The first kappa shape index (κ1) is 18.4. The van der Waals surface area contributed by atoms with Crippen LogP contribution in [-0.2, 0) is 6.42 Å². The molecule has 0 saturated carbocycles. The predicted molar refractivity (Wildman–Crippen MR) is 91.6 cm³/mol. The van der Waals surface area contributed by atoms with Gasteiger partial charge in [0.05, 0.1) is 13.0 Å². The van der Waals surface area contributed by atoms with E-state index in [-0.39, 0.29) is 6.54 Å². The topological polar surface area (TPSA) is 39.7 Å². The van der Waals surface area contributed by atoms with Crippen LogP contribution < -0.4 is 15.5 Å². The highest BCUT2D eigenvalue weighted by Crippen LogP contribution is 2.31. The molecule has 24 heavy (non-hydrogen) atoms. The van der Waals surface area contributed by atoms with Crippen molar-refractivity contribution in [1.29, 1.82) is 0 Å². The highest BCUT2D eigenvalue weighted by Gasteiger charge is 2.26. The third kappa shape index (κ3) is 5.32. The van der Waals surface area contributed by atoms with Crippen molar-refractivity contribution in [1.82, 2.24) is 10.6 Å². The Hall–Kier alpha value is -1.92. The maximum absolute atomic E-state index is 12.2. The van der Waals surface area contributed by atoms with E-state index in [1.54, 1.807) is 0 Å². The quantitative estimate of drug-likeness (QED) is 0.617. The molecule has 0 aliphatic carbocycles. The van der Waals surface area contributed by atoms with Gasteiger partial charge in [0.1, 0.15) is 0 Å². The average molecular weight is 342 g/mol. The lowest BCUT2D eigenvalue weighted by atomic mass is 10.1. The molecular weight excluding hydrogens is 317 g/mol. The van der Waals surface area contributed by atoms with Gasteiger partial charge in [0.25, 0.3) is 0 Å². The van der Waals surface area contributed by atoms with Gasteiger partial charge in [0.2, 0.25) is 0 Å². The minimum atomic E-state index is -4.17. The molecule has 0 saturated heterocycles. The number of hydrogen-bond donors (Lipinski definition) is 2. The summed E-state index contributed by atoms with van der Waals surface area (Å²) in [6, 6.07) is 8.75. The van der Waals surface area contributed by atoms with Gasteiger partial charge in [-0.25, -0.2) is 0 Å². The van der Waals surface area contributed by atoms with Crippen LogP contribution in [-0.4, -0.2) is 44.4 Å². The van der Waals surface area contributed by atoms with E-state index < -0.39 is 12.6 Å². The van der Waals surface area contributed by atoms with Crippen LogP contribution in [0.4, 0.5) is 18.9 Å². The minimum Gasteiger partial charge on any atom is -0.367 e. The van der Waals surface area contributed by atoms with E-state index in [0.717, 1.165) is 13.0 Å². The Morgan fingerprint density at radius 2 is 2.04 bits per heavy atom. The van der Waals surface area contributed by atoms with Gasteiger partial charge in [-0.15, -0.1) is 0 Å². The third-order valence-electron chi connectivity index (χ3n) is 4.00. The zero-order valence-electron chi connectivity index (χ0n) is 14.2. The van der Waals surface area contributed by atoms with Crippen molar-refractivity contribution in [2.45, 2.75) is 38.9 Å². The molecule has 0 bridgehead atoms. The molecule has 2 rings (SSSR count). The van der Waals surface area contributed by atoms with E-state index in [9.17, 15) is 13.2 Å². The number of guanidine groups is 1. The average Bonchev–Trinajstić information content (AvgIpc) is 2.82. The van der Waals surface area contributed by atoms with Crippen molar-refractivity contribution in [3.05, 3.63) is 29.8 Å². The number of nitrogens with one attached hydrogen (secondary N) is 2. The highest BCUT2D eigenvalue weighted by atomic mass is 19.4. The Labute approximate surface area is 141 Å². The van der Waals surface area contributed by atoms with Crippen LogP contribution >= 0.6 is 0 Å². The van der Waals surface area contributed by atoms with E-state index in [1.165, 1.54) is 11.3 Å². The van der Waals surface area contributed by atoms with Gasteiger partial charge < -0.3 is 15.5 Å². The maximum Gasteiger partial charge on any atom is 0.390 e. The Kier molecular flexibility index (Phi) is 6.34. The van der Waals surface area contributed by atoms with Crippen molar-refractivity contribution >= 4 is 11.6 Å². The number of benzene rings is 1. The maximum atomic E-state index is 12.2. The predicted octanol–water partition coefficient (Wildman–Crippen LogP) is 2.95. The van der Waals surface area contributed by atoms with Crippen molar-refractivity contribution < 1.29 is 13.2 Å². The summed E-state index contributed by atoms with van der Waals surface area (Å²) in [6.07, 6.45) is -4.05. The lowest BCUT2D eigenvalue weighted by Crippen LogP contribution is -2.43. The molecule has 4 nitrogen and oxygen atoms in total. The molecule has 1 aliphatic rings. The number of anilines is 1. The van der Waals surface area contributed by atoms with Gasteiger partial charge in [0.15, 0.2) is 5.96 Å². The normalized spacial score (nSPS) is 17.8. The zero-order valence-corrected chi connectivity index (χ0v) is 14.2. The standard InChI is InChI=1S/C17H25F3N4/c1-3-21-16(22-9-8-17(18,19)20)23-10-11-24-13(2)12-14-6-4-5-7-15(14)24/h4-7,13H,3,8-12H2,1-2H3,(H2,21,22,23). The molecule has 0 amide bonds. The first-order valence-electron chi connectivity index (χ1n) is 8.34. The van der Waals surface area contributed by atoms with Crippen molar-refractivity contribution in [3.63, 3.8) is 0 Å². The Morgan fingerprint density at radius 3 is 2.75 bits per heavy atom. The molecular formula is C17H25F3N4. The number of alkyl halides is 3. The lowest BCUT2D eigenvalue weighted by Gasteiger charge is -2.25. The van der Waals surface area contributed by atoms with E-state index in [4.69, 9.17) is 0 Å². The number of para-hydroxylation sites is 1. The van der Waals surface area contributed by atoms with Gasteiger partial charge in [-0.2, -0.15) is 13.2 Å². The molecule has 1 aliphatic heterocycles. The highest BCUT2D eigenvalue weighted by molar-refractivity contribution is 5.79. The number of aliphatic imine (C=N–C) groups is 1. The number of hydrogen-bond acceptors (Lipinski definition) is 2. The van der Waals surface area contributed by atoms with Crippen LogP contribution in [0.2, 0.25) is 0 Å². The smallest absolute Gasteiger partial charge is 0.367 e. The van der Waals surface area contributed by atoms with Gasteiger partial charge in [0, 0.05) is 31.4 Å². The van der Waals surface area contributed by atoms with Crippen LogP contribution in [0.25, 0.3) is 0 Å². The Balaban J connectivity index is 1.85. The van der Waals surface area contributed by atoms with Crippen LogP contribution in [0.1, 0.15) is 25.8 Å². The first-order valence-corrected chi connectivity index (χ1v) is 8.34. The summed E-state index contributed by atoms with van der Waals surface area (Å²) in [5.74, 6) is 0.432. The fourth-order valence-electron chi connectivity index (χ4n) is 2.90. The second-order valence-corrected chi connectivity index (χ2v) is 5.93. The number of rotatable bonds is 6. The molecule has 0 fully saturated rings. The minimum absolute atomic E-state index is 0.262. The molecule has 0 spiro atoms. The van der Waals surface area contributed by atoms with Gasteiger partial charge >= 0.3 is 6.18 Å². The van der Waals surface area contributed by atoms with Gasteiger partial charge in [-0.3, -0.25) is 4.99 Å². The largest absolute Gasteiger partial charge is 0.390 e. The SMILES string of the molecule is CCNC(=NCCC(F)(F)F)NCCN1c2ccccc2CC1C. The first-order chi connectivity index (χ1) is 11.4. The van der Waals surface area contributed by atoms with Gasteiger partial charge in [-0.05, 0) is 31.9 Å². The molecule has 1 unspecified atom stereocenters. The van der Waals surface area contributed by atoms with Crippen molar-refractivity contribution in [2.24, 2.45) is 4.99 Å². The summed E-state index contributed by atoms with van der Waals surface area (Å²) in [4.78, 5) is 6.30. The van der Waals surface area contributed by atoms with E-state index in [2.05, 4.69) is 39.6 Å². The Morgan fingerprint density at radius 1 is 1.29 bits per heavy atom. The molecule has 2 N–H and O–H groups in total. The monoisotopic (exact) mass is 342 g/mol. The van der Waals surface area contributed by atoms with Gasteiger partial charge in [-0.1, -0.05) is 18.2 Å². The van der Waals surface area contributed by atoms with Crippen LogP contribution in [0, 0.1) is 0 Å². The van der Waals surface area contributed by atoms with E-state index >= 15 is 0 Å². The summed E-state index contributed by atoms with van der Waals surface area (Å²) in [5, 5.41) is 6.09. The number of fused-ring (bicyclic) bond motifs is 1. The molecule has 1 aromatic carbocycles. The van der Waals surface area contributed by atoms with Crippen LogP contribution in [0.3, 0.4) is 0 Å². The lowest BCUT2D eigenvalue weighted by molar-refractivity contribution is -0.132.